The van der Waals surface area contributed by atoms with E-state index in [0.29, 0.717) is 5.56 Å². The molecule has 33 heavy (non-hydrogen) atoms. The van der Waals surface area contributed by atoms with E-state index in [1.54, 1.807) is 12.1 Å². The SMILES string of the molecule is C[Si](C)(C)Oc1ccc(C2(c3ccc(O[Si](C)(C)C)cc3)OS(=O)(=O)c3ccccc32)cc1. The molecule has 0 atom stereocenters. The Hall–Kier alpha value is -2.40. The van der Waals surface area contributed by atoms with Gasteiger partial charge in [0.25, 0.3) is 10.1 Å². The molecule has 0 bridgehead atoms. The zero-order chi connectivity index (χ0) is 24.1. The minimum Gasteiger partial charge on any atom is -0.544 e. The molecule has 0 saturated carbocycles. The zero-order valence-electron chi connectivity index (χ0n) is 19.9. The Morgan fingerprint density at radius 3 is 1.52 bits per heavy atom. The van der Waals surface area contributed by atoms with E-state index in [1.807, 2.05) is 60.7 Å². The standard InChI is InChI=1S/C25H30O5SSi2/c1-32(2,3)28-21-15-11-19(12-16-21)25(20-13-17-22(18-14-20)29-33(4,5)6)23-9-7-8-10-24(23)31(26,27)30-25/h7-18H,1-6H3. The Kier molecular flexibility index (Phi) is 5.85. The fraction of sp³-hybridized carbons (Fsp3) is 0.280. The van der Waals surface area contributed by atoms with Crippen molar-refractivity contribution in [1.82, 2.24) is 0 Å². The van der Waals surface area contributed by atoms with Crippen molar-refractivity contribution >= 4 is 26.8 Å². The second-order valence-corrected chi connectivity index (χ2v) is 20.6. The van der Waals surface area contributed by atoms with Gasteiger partial charge in [0.05, 0.1) is 0 Å². The van der Waals surface area contributed by atoms with Crippen molar-refractivity contribution in [3.63, 3.8) is 0 Å². The van der Waals surface area contributed by atoms with Gasteiger partial charge in [0.2, 0.25) is 16.6 Å². The highest BCUT2D eigenvalue weighted by molar-refractivity contribution is 7.87. The largest absolute Gasteiger partial charge is 0.544 e. The second-order valence-electron chi connectivity index (χ2n) is 10.2. The van der Waals surface area contributed by atoms with Crippen LogP contribution in [-0.4, -0.2) is 25.1 Å². The van der Waals surface area contributed by atoms with Crippen LogP contribution in [0, 0.1) is 0 Å². The highest BCUT2D eigenvalue weighted by Crippen LogP contribution is 2.50. The summed E-state index contributed by atoms with van der Waals surface area (Å²) in [6.07, 6.45) is 0. The lowest BCUT2D eigenvalue weighted by molar-refractivity contribution is 0.180. The molecule has 0 spiro atoms. The van der Waals surface area contributed by atoms with Crippen LogP contribution in [0.25, 0.3) is 0 Å². The van der Waals surface area contributed by atoms with Crippen LogP contribution < -0.4 is 8.85 Å². The van der Waals surface area contributed by atoms with Gasteiger partial charge in [0.15, 0.2) is 5.60 Å². The lowest BCUT2D eigenvalue weighted by Crippen LogP contribution is -2.31. The lowest BCUT2D eigenvalue weighted by atomic mass is 9.80. The Balaban J connectivity index is 1.87. The minimum atomic E-state index is -3.94. The third kappa shape index (κ3) is 4.79. The first kappa shape index (κ1) is 23.8. The van der Waals surface area contributed by atoms with Crippen molar-refractivity contribution in [1.29, 1.82) is 0 Å². The van der Waals surface area contributed by atoms with Crippen LogP contribution in [0.3, 0.4) is 0 Å². The van der Waals surface area contributed by atoms with Gasteiger partial charge < -0.3 is 8.85 Å². The van der Waals surface area contributed by atoms with Gasteiger partial charge in [-0.15, -0.1) is 0 Å². The van der Waals surface area contributed by atoms with E-state index >= 15 is 0 Å². The highest BCUT2D eigenvalue weighted by Gasteiger charge is 2.51. The number of fused-ring (bicyclic) bond motifs is 1. The van der Waals surface area contributed by atoms with Crippen molar-refractivity contribution in [3.05, 3.63) is 89.5 Å². The van der Waals surface area contributed by atoms with Crippen molar-refractivity contribution in [2.24, 2.45) is 0 Å². The van der Waals surface area contributed by atoms with Crippen LogP contribution in [0.1, 0.15) is 16.7 Å². The fourth-order valence-electron chi connectivity index (χ4n) is 4.03. The van der Waals surface area contributed by atoms with Crippen LogP contribution >= 0.6 is 0 Å². The van der Waals surface area contributed by atoms with E-state index in [1.165, 1.54) is 0 Å². The first-order chi connectivity index (χ1) is 15.3. The van der Waals surface area contributed by atoms with Gasteiger partial charge in [0, 0.05) is 5.56 Å². The fourth-order valence-corrected chi connectivity index (χ4v) is 7.14. The molecule has 3 aromatic rings. The Morgan fingerprint density at radius 2 is 1.09 bits per heavy atom. The van der Waals surface area contributed by atoms with E-state index in [4.69, 9.17) is 13.0 Å². The molecule has 0 amide bonds. The second kappa shape index (κ2) is 8.12. The normalized spacial score (nSPS) is 16.8. The third-order valence-electron chi connectivity index (χ3n) is 5.14. The molecule has 0 radical (unpaired) electrons. The average Bonchev–Trinajstić information content (AvgIpc) is 2.95. The summed E-state index contributed by atoms with van der Waals surface area (Å²) in [4.78, 5) is 0.190. The third-order valence-corrected chi connectivity index (χ3v) is 8.20. The summed E-state index contributed by atoms with van der Waals surface area (Å²) in [5.74, 6) is 1.53. The summed E-state index contributed by atoms with van der Waals surface area (Å²) < 4.78 is 44.3. The Bertz CT molecular complexity index is 1200. The molecule has 0 unspecified atom stereocenters. The van der Waals surface area contributed by atoms with Crippen LogP contribution in [0.4, 0.5) is 0 Å². The predicted molar refractivity (Wildman–Crippen MR) is 135 cm³/mol. The van der Waals surface area contributed by atoms with E-state index in [-0.39, 0.29) is 4.90 Å². The van der Waals surface area contributed by atoms with Gasteiger partial charge in [-0.2, -0.15) is 8.42 Å². The van der Waals surface area contributed by atoms with Gasteiger partial charge >= 0.3 is 0 Å². The first-order valence-corrected chi connectivity index (χ1v) is 19.2. The number of rotatable bonds is 6. The molecule has 0 aliphatic carbocycles. The summed E-state index contributed by atoms with van der Waals surface area (Å²) in [5, 5.41) is 0. The number of hydrogen-bond acceptors (Lipinski definition) is 5. The van der Waals surface area contributed by atoms with E-state index in [9.17, 15) is 8.42 Å². The highest BCUT2D eigenvalue weighted by atomic mass is 32.2. The summed E-state index contributed by atoms with van der Waals surface area (Å²) in [5.41, 5.74) is 0.753. The molecule has 5 nitrogen and oxygen atoms in total. The molecule has 1 heterocycles. The van der Waals surface area contributed by atoms with Gasteiger partial charge in [0.1, 0.15) is 16.4 Å². The summed E-state index contributed by atoms with van der Waals surface area (Å²) >= 11 is 0. The Morgan fingerprint density at radius 1 is 0.667 bits per heavy atom. The molecule has 0 fully saturated rings. The van der Waals surface area contributed by atoms with Crippen molar-refractivity contribution < 1.29 is 21.5 Å². The van der Waals surface area contributed by atoms with Crippen LogP contribution in [0.15, 0.2) is 77.7 Å². The molecule has 0 saturated heterocycles. The maximum Gasteiger partial charge on any atom is 0.298 e. The molecule has 174 valence electrons. The molecule has 3 aromatic carbocycles. The summed E-state index contributed by atoms with van der Waals surface area (Å²) in [6, 6.07) is 22.1. The zero-order valence-corrected chi connectivity index (χ0v) is 22.7. The molecule has 1 aliphatic rings. The van der Waals surface area contributed by atoms with Crippen LogP contribution in [0.2, 0.25) is 39.3 Å². The maximum atomic E-state index is 13.1. The van der Waals surface area contributed by atoms with Gasteiger partial charge in [-0.25, -0.2) is 4.18 Å². The monoisotopic (exact) mass is 498 g/mol. The molecule has 8 heteroatoms. The number of hydrogen-bond donors (Lipinski definition) is 0. The molecular formula is C25H30O5SSi2. The van der Waals surface area contributed by atoms with E-state index < -0.39 is 32.4 Å². The smallest absolute Gasteiger partial charge is 0.298 e. The van der Waals surface area contributed by atoms with Crippen LogP contribution in [0.5, 0.6) is 11.5 Å². The molecule has 1 aliphatic heterocycles. The van der Waals surface area contributed by atoms with Crippen molar-refractivity contribution in [3.8, 4) is 11.5 Å². The molecular weight excluding hydrogens is 469 g/mol. The quantitative estimate of drug-likeness (QED) is 0.302. The maximum absolute atomic E-state index is 13.1. The Labute approximate surface area is 198 Å². The molecule has 0 N–H and O–H groups in total. The molecule has 0 aromatic heterocycles. The van der Waals surface area contributed by atoms with E-state index in [2.05, 4.69) is 39.3 Å². The van der Waals surface area contributed by atoms with E-state index in [0.717, 1.165) is 22.6 Å². The van der Waals surface area contributed by atoms with Crippen LogP contribution in [-0.2, 0) is 19.9 Å². The minimum absolute atomic E-state index is 0.190. The van der Waals surface area contributed by atoms with Crippen molar-refractivity contribution in [2.75, 3.05) is 0 Å². The van der Waals surface area contributed by atoms with Gasteiger partial charge in [-0.1, -0.05) is 42.5 Å². The lowest BCUT2D eigenvalue weighted by Gasteiger charge is -2.30. The number of benzene rings is 3. The first-order valence-electron chi connectivity index (χ1n) is 10.9. The van der Waals surface area contributed by atoms with Gasteiger partial charge in [-0.05, 0) is 80.7 Å². The predicted octanol–water partition coefficient (Wildman–Crippen LogP) is 6.12. The average molecular weight is 499 g/mol. The van der Waals surface area contributed by atoms with Crippen molar-refractivity contribution in [2.45, 2.75) is 49.8 Å². The molecule has 4 rings (SSSR count). The summed E-state index contributed by atoms with van der Waals surface area (Å²) in [6.45, 7) is 12.7. The summed E-state index contributed by atoms with van der Waals surface area (Å²) in [7, 11) is -7.48. The topological polar surface area (TPSA) is 61.8 Å². The van der Waals surface area contributed by atoms with Gasteiger partial charge in [-0.3, -0.25) is 0 Å².